The average Bonchev–Trinajstić information content (AvgIpc) is 2.56. The normalized spacial score (nSPS) is 20.2. The Morgan fingerprint density at radius 3 is 2.61 bits per heavy atom. The van der Waals surface area contributed by atoms with Crippen molar-refractivity contribution in [1.82, 2.24) is 0 Å². The van der Waals surface area contributed by atoms with Crippen LogP contribution in [0.15, 0.2) is 24.3 Å². The van der Waals surface area contributed by atoms with Crippen LogP contribution in [0.5, 0.6) is 0 Å². The number of rotatable bonds is 3. The Labute approximate surface area is 114 Å². The smallest absolute Gasteiger partial charge is 0.229 e. The highest BCUT2D eigenvalue weighted by Gasteiger charge is 2.30. The number of carbonyl (C=O) groups excluding carboxylic acids is 1. The van der Waals surface area contributed by atoms with Crippen LogP contribution in [0.25, 0.3) is 0 Å². The zero-order valence-electron chi connectivity index (χ0n) is 9.76. The number of hydrogen-bond acceptors (Lipinski definition) is 3. The van der Waals surface area contributed by atoms with Crippen molar-refractivity contribution in [3.8, 4) is 0 Å². The number of halogens is 1. The number of benzene rings is 1. The number of sulfonamides is 1. The molecule has 0 spiro atoms. The SMILES string of the molecule is CS(=O)(=O)Nc1ccccc1N1CC(Br)CC1=O. The van der Waals surface area contributed by atoms with Gasteiger partial charge in [0.05, 0.1) is 17.6 Å². The molecule has 1 aliphatic rings. The monoisotopic (exact) mass is 332 g/mol. The van der Waals surface area contributed by atoms with Crippen molar-refractivity contribution in [3.63, 3.8) is 0 Å². The predicted molar refractivity (Wildman–Crippen MR) is 74.6 cm³/mol. The molecule has 0 aliphatic carbocycles. The van der Waals surface area contributed by atoms with Crippen molar-refractivity contribution in [2.24, 2.45) is 0 Å². The second kappa shape index (κ2) is 4.89. The number of amides is 1. The molecule has 1 aliphatic heterocycles. The summed E-state index contributed by atoms with van der Waals surface area (Å²) in [5, 5.41) is 0. The van der Waals surface area contributed by atoms with Gasteiger partial charge in [-0.15, -0.1) is 0 Å². The number of nitrogens with zero attached hydrogens (tertiary/aromatic N) is 1. The van der Waals surface area contributed by atoms with Gasteiger partial charge in [0.25, 0.3) is 0 Å². The van der Waals surface area contributed by atoms with E-state index in [4.69, 9.17) is 0 Å². The molecule has 1 amide bonds. The molecule has 1 unspecified atom stereocenters. The van der Waals surface area contributed by atoms with Gasteiger partial charge in [-0.1, -0.05) is 28.1 Å². The van der Waals surface area contributed by atoms with E-state index in [-0.39, 0.29) is 10.7 Å². The van der Waals surface area contributed by atoms with E-state index in [1.54, 1.807) is 29.2 Å². The molecule has 1 N–H and O–H groups in total. The minimum absolute atomic E-state index is 0.0142. The lowest BCUT2D eigenvalue weighted by molar-refractivity contribution is -0.117. The topological polar surface area (TPSA) is 66.5 Å². The molecule has 0 saturated carbocycles. The Morgan fingerprint density at radius 2 is 2.06 bits per heavy atom. The summed E-state index contributed by atoms with van der Waals surface area (Å²) in [5.41, 5.74) is 1.02. The van der Waals surface area contributed by atoms with Crippen molar-refractivity contribution < 1.29 is 13.2 Å². The highest BCUT2D eigenvalue weighted by molar-refractivity contribution is 9.09. The first-order chi connectivity index (χ1) is 8.37. The minimum atomic E-state index is -3.36. The maximum Gasteiger partial charge on any atom is 0.229 e. The predicted octanol–water partition coefficient (Wildman–Crippen LogP) is 1.56. The first-order valence-corrected chi connectivity index (χ1v) is 8.19. The van der Waals surface area contributed by atoms with Crippen LogP contribution in [0, 0.1) is 0 Å². The van der Waals surface area contributed by atoms with Crippen molar-refractivity contribution in [1.29, 1.82) is 0 Å². The van der Waals surface area contributed by atoms with Crippen LogP contribution in [0.1, 0.15) is 6.42 Å². The lowest BCUT2D eigenvalue weighted by Gasteiger charge is -2.20. The largest absolute Gasteiger partial charge is 0.309 e. The van der Waals surface area contributed by atoms with Gasteiger partial charge < -0.3 is 4.90 Å². The van der Waals surface area contributed by atoms with Crippen LogP contribution in [-0.2, 0) is 14.8 Å². The van der Waals surface area contributed by atoms with E-state index in [9.17, 15) is 13.2 Å². The van der Waals surface area contributed by atoms with Gasteiger partial charge in [-0.05, 0) is 12.1 Å². The Morgan fingerprint density at radius 1 is 1.39 bits per heavy atom. The molecule has 0 aromatic heterocycles. The van der Waals surface area contributed by atoms with Gasteiger partial charge in [0.1, 0.15) is 0 Å². The summed E-state index contributed by atoms with van der Waals surface area (Å²) in [5.74, 6) is -0.0142. The molecule has 7 heteroatoms. The third-order valence-electron chi connectivity index (χ3n) is 2.57. The molecule has 0 radical (unpaired) electrons. The third kappa shape index (κ3) is 3.02. The number of anilines is 2. The number of alkyl halides is 1. The zero-order chi connectivity index (χ0) is 13.3. The molecule has 1 fully saturated rings. The van der Waals surface area contributed by atoms with E-state index >= 15 is 0 Å². The lowest BCUT2D eigenvalue weighted by atomic mass is 10.2. The summed E-state index contributed by atoms with van der Waals surface area (Å²) in [7, 11) is -3.36. The summed E-state index contributed by atoms with van der Waals surface area (Å²) in [6.45, 7) is 0.543. The van der Waals surface area contributed by atoms with E-state index in [0.717, 1.165) is 6.26 Å². The fraction of sp³-hybridized carbons (Fsp3) is 0.364. The van der Waals surface area contributed by atoms with Crippen molar-refractivity contribution in [2.45, 2.75) is 11.2 Å². The highest BCUT2D eigenvalue weighted by Crippen LogP contribution is 2.31. The molecule has 98 valence electrons. The van der Waals surface area contributed by atoms with Crippen molar-refractivity contribution in [2.75, 3.05) is 22.4 Å². The number of para-hydroxylation sites is 2. The summed E-state index contributed by atoms with van der Waals surface area (Å²) < 4.78 is 25.0. The second-order valence-electron chi connectivity index (χ2n) is 4.20. The molecule has 18 heavy (non-hydrogen) atoms. The summed E-state index contributed by atoms with van der Waals surface area (Å²) >= 11 is 3.40. The Hall–Kier alpha value is -1.08. The third-order valence-corrected chi connectivity index (χ3v) is 3.77. The number of hydrogen-bond donors (Lipinski definition) is 1. The number of carbonyl (C=O) groups is 1. The Balaban J connectivity index is 2.36. The average molecular weight is 333 g/mol. The maximum absolute atomic E-state index is 11.8. The van der Waals surface area contributed by atoms with Crippen LogP contribution in [0.4, 0.5) is 11.4 Å². The molecule has 0 bridgehead atoms. The van der Waals surface area contributed by atoms with Gasteiger partial charge in [0.2, 0.25) is 15.9 Å². The minimum Gasteiger partial charge on any atom is -0.309 e. The molecular weight excluding hydrogens is 320 g/mol. The molecule has 5 nitrogen and oxygen atoms in total. The summed E-state index contributed by atoms with van der Waals surface area (Å²) in [6, 6.07) is 6.88. The highest BCUT2D eigenvalue weighted by atomic mass is 79.9. The van der Waals surface area contributed by atoms with Gasteiger partial charge in [-0.25, -0.2) is 8.42 Å². The Bertz CT molecular complexity index is 573. The first-order valence-electron chi connectivity index (χ1n) is 5.38. The standard InChI is InChI=1S/C11H13BrN2O3S/c1-18(16,17)13-9-4-2-3-5-10(9)14-7-8(12)6-11(14)15/h2-5,8,13H,6-7H2,1H3. The van der Waals surface area contributed by atoms with E-state index in [1.165, 1.54) is 0 Å². The van der Waals surface area contributed by atoms with Crippen LogP contribution in [0.3, 0.4) is 0 Å². The van der Waals surface area contributed by atoms with E-state index in [2.05, 4.69) is 20.7 Å². The summed E-state index contributed by atoms with van der Waals surface area (Å²) in [6.07, 6.45) is 1.51. The fourth-order valence-electron chi connectivity index (χ4n) is 1.89. The quantitative estimate of drug-likeness (QED) is 0.854. The van der Waals surface area contributed by atoms with Crippen molar-refractivity contribution in [3.05, 3.63) is 24.3 Å². The molecule has 1 atom stereocenters. The molecule has 1 aromatic rings. The lowest BCUT2D eigenvalue weighted by Crippen LogP contribution is -2.26. The maximum atomic E-state index is 11.8. The molecular formula is C11H13BrN2O3S. The fourth-order valence-corrected chi connectivity index (χ4v) is 3.03. The van der Waals surface area contributed by atoms with Gasteiger partial charge in [0.15, 0.2) is 0 Å². The van der Waals surface area contributed by atoms with Crippen molar-refractivity contribution >= 4 is 43.2 Å². The van der Waals surface area contributed by atoms with E-state index in [0.29, 0.717) is 24.3 Å². The number of nitrogens with one attached hydrogen (secondary N) is 1. The molecule has 1 aromatic carbocycles. The van der Waals surface area contributed by atoms with Crippen LogP contribution < -0.4 is 9.62 Å². The van der Waals surface area contributed by atoms with Crippen LogP contribution >= 0.6 is 15.9 Å². The molecule has 1 heterocycles. The molecule has 2 rings (SSSR count). The zero-order valence-corrected chi connectivity index (χ0v) is 12.2. The van der Waals surface area contributed by atoms with E-state index < -0.39 is 10.0 Å². The van der Waals surface area contributed by atoms with Crippen LogP contribution in [0.2, 0.25) is 0 Å². The van der Waals surface area contributed by atoms with Crippen LogP contribution in [-0.4, -0.2) is 32.0 Å². The van der Waals surface area contributed by atoms with Gasteiger partial charge in [-0.2, -0.15) is 0 Å². The molecule has 1 saturated heterocycles. The van der Waals surface area contributed by atoms with Gasteiger partial charge >= 0.3 is 0 Å². The summed E-state index contributed by atoms with van der Waals surface area (Å²) in [4.78, 5) is 13.5. The Kier molecular flexibility index (Phi) is 3.63. The van der Waals surface area contributed by atoms with Gasteiger partial charge in [-0.3, -0.25) is 9.52 Å². The van der Waals surface area contributed by atoms with E-state index in [1.807, 2.05) is 0 Å². The first kappa shape index (κ1) is 13.4. The van der Waals surface area contributed by atoms with Gasteiger partial charge in [0, 0.05) is 17.8 Å². The second-order valence-corrected chi connectivity index (χ2v) is 7.24.